The van der Waals surface area contributed by atoms with Gasteiger partial charge in [-0.3, -0.25) is 0 Å². The van der Waals surface area contributed by atoms with E-state index in [0.717, 1.165) is 11.1 Å². The van der Waals surface area contributed by atoms with Crippen molar-refractivity contribution in [3.63, 3.8) is 0 Å². The maximum atomic E-state index is 12.6. The third-order valence-electron chi connectivity index (χ3n) is 1.63. The van der Waals surface area contributed by atoms with Crippen LogP contribution in [0.3, 0.4) is 0 Å². The van der Waals surface area contributed by atoms with Gasteiger partial charge in [-0.1, -0.05) is 18.2 Å². The zero-order valence-corrected chi connectivity index (χ0v) is 6.92. The summed E-state index contributed by atoms with van der Waals surface area (Å²) < 4.78 is 12.6. The summed E-state index contributed by atoms with van der Waals surface area (Å²) in [7, 11) is 0. The summed E-state index contributed by atoms with van der Waals surface area (Å²) in [5, 5.41) is 8.51. The van der Waals surface area contributed by atoms with Crippen molar-refractivity contribution in [3.05, 3.63) is 41.2 Å². The molecule has 0 saturated carbocycles. The lowest BCUT2D eigenvalue weighted by molar-refractivity contribution is 0.343. The van der Waals surface area contributed by atoms with Crippen molar-refractivity contribution in [2.75, 3.05) is 6.61 Å². The first kappa shape index (κ1) is 8.94. The third-order valence-corrected chi connectivity index (χ3v) is 1.63. The average molecular weight is 166 g/mol. The van der Waals surface area contributed by atoms with Gasteiger partial charge >= 0.3 is 0 Å². The normalized spacial score (nSPS) is 10.9. The molecule has 1 aromatic rings. The van der Waals surface area contributed by atoms with E-state index in [2.05, 4.69) is 0 Å². The molecule has 64 valence electrons. The van der Waals surface area contributed by atoms with Gasteiger partial charge in [-0.05, 0) is 30.2 Å². The Balaban J connectivity index is 2.94. The summed E-state index contributed by atoms with van der Waals surface area (Å²) in [5.41, 5.74) is 1.81. The van der Waals surface area contributed by atoms with Crippen molar-refractivity contribution < 1.29 is 9.50 Å². The summed E-state index contributed by atoms with van der Waals surface area (Å²) in [6.07, 6.45) is 3.40. The van der Waals surface area contributed by atoms with E-state index in [1.165, 1.54) is 12.1 Å². The number of aliphatic hydroxyl groups excluding tert-OH is 1. The molecule has 0 bridgehead atoms. The zero-order valence-electron chi connectivity index (χ0n) is 6.92. The fourth-order valence-corrected chi connectivity index (χ4v) is 1.01. The molecule has 0 fully saturated rings. The summed E-state index contributed by atoms with van der Waals surface area (Å²) >= 11 is 0. The molecule has 0 aliphatic rings. The van der Waals surface area contributed by atoms with Crippen LogP contribution in [0.15, 0.2) is 24.3 Å². The molecule has 1 N–H and O–H groups in total. The van der Waals surface area contributed by atoms with Crippen LogP contribution >= 0.6 is 0 Å². The SMILES string of the molecule is Cc1cc(F)ccc1/C=C/CO. The Morgan fingerprint density at radius 2 is 2.25 bits per heavy atom. The van der Waals surface area contributed by atoms with Crippen LogP contribution in [-0.2, 0) is 0 Å². The minimum absolute atomic E-state index is 0.0107. The molecule has 0 aliphatic carbocycles. The smallest absolute Gasteiger partial charge is 0.123 e. The first-order valence-electron chi connectivity index (χ1n) is 3.77. The maximum absolute atomic E-state index is 12.6. The van der Waals surface area contributed by atoms with Crippen molar-refractivity contribution in [1.82, 2.24) is 0 Å². The van der Waals surface area contributed by atoms with Crippen LogP contribution in [0.2, 0.25) is 0 Å². The topological polar surface area (TPSA) is 20.2 Å². The molecule has 0 amide bonds. The van der Waals surface area contributed by atoms with Gasteiger partial charge in [0.25, 0.3) is 0 Å². The van der Waals surface area contributed by atoms with Crippen LogP contribution in [0.5, 0.6) is 0 Å². The summed E-state index contributed by atoms with van der Waals surface area (Å²) in [4.78, 5) is 0. The van der Waals surface area contributed by atoms with Crippen molar-refractivity contribution >= 4 is 6.08 Å². The molecule has 0 heterocycles. The first-order chi connectivity index (χ1) is 5.74. The Morgan fingerprint density at radius 1 is 1.50 bits per heavy atom. The lowest BCUT2D eigenvalue weighted by atomic mass is 10.1. The lowest BCUT2D eigenvalue weighted by Crippen LogP contribution is -1.83. The van der Waals surface area contributed by atoms with Crippen LogP contribution < -0.4 is 0 Å². The molecule has 0 aliphatic heterocycles. The lowest BCUT2D eigenvalue weighted by Gasteiger charge is -1.98. The molecular weight excluding hydrogens is 155 g/mol. The van der Waals surface area contributed by atoms with Gasteiger partial charge in [-0.15, -0.1) is 0 Å². The molecule has 0 radical (unpaired) electrons. The van der Waals surface area contributed by atoms with Crippen molar-refractivity contribution in [2.45, 2.75) is 6.92 Å². The van der Waals surface area contributed by atoms with Gasteiger partial charge in [-0.2, -0.15) is 0 Å². The van der Waals surface area contributed by atoms with Gasteiger partial charge in [0.1, 0.15) is 5.82 Å². The molecule has 0 atom stereocenters. The molecule has 0 aromatic heterocycles. The number of benzene rings is 1. The molecule has 0 unspecified atom stereocenters. The second-order valence-electron chi connectivity index (χ2n) is 2.59. The number of hydrogen-bond acceptors (Lipinski definition) is 1. The standard InChI is InChI=1S/C10H11FO/c1-8-7-10(11)5-4-9(8)3-2-6-12/h2-5,7,12H,6H2,1H3/b3-2+. The van der Waals surface area contributed by atoms with E-state index in [1.807, 2.05) is 6.92 Å². The van der Waals surface area contributed by atoms with Gasteiger partial charge < -0.3 is 5.11 Å². The Kier molecular flexibility index (Phi) is 3.00. The van der Waals surface area contributed by atoms with E-state index in [1.54, 1.807) is 18.2 Å². The quantitative estimate of drug-likeness (QED) is 0.713. The average Bonchev–Trinajstić information content (AvgIpc) is 2.03. The van der Waals surface area contributed by atoms with Gasteiger partial charge in [0, 0.05) is 0 Å². The Morgan fingerprint density at radius 3 is 2.83 bits per heavy atom. The largest absolute Gasteiger partial charge is 0.392 e. The fourth-order valence-electron chi connectivity index (χ4n) is 1.01. The number of rotatable bonds is 2. The molecule has 1 nitrogen and oxygen atoms in total. The molecule has 1 rings (SSSR count). The van der Waals surface area contributed by atoms with Crippen LogP contribution in [0.1, 0.15) is 11.1 Å². The van der Waals surface area contributed by atoms with Crippen molar-refractivity contribution in [3.8, 4) is 0 Å². The van der Waals surface area contributed by atoms with Crippen LogP contribution in [0.4, 0.5) is 4.39 Å². The third kappa shape index (κ3) is 2.17. The predicted molar refractivity (Wildman–Crippen MR) is 47.3 cm³/mol. The van der Waals surface area contributed by atoms with Crippen LogP contribution in [0, 0.1) is 12.7 Å². The molecule has 1 aromatic carbocycles. The van der Waals surface area contributed by atoms with E-state index in [-0.39, 0.29) is 12.4 Å². The minimum atomic E-state index is -0.228. The molecule has 0 spiro atoms. The van der Waals surface area contributed by atoms with E-state index in [0.29, 0.717) is 0 Å². The van der Waals surface area contributed by atoms with E-state index >= 15 is 0 Å². The first-order valence-corrected chi connectivity index (χ1v) is 3.77. The number of halogens is 1. The molecular formula is C10H11FO. The highest BCUT2D eigenvalue weighted by Crippen LogP contribution is 2.11. The Bertz CT molecular complexity index is 292. The van der Waals surface area contributed by atoms with Crippen LogP contribution in [-0.4, -0.2) is 11.7 Å². The summed E-state index contributed by atoms with van der Waals surface area (Å²) in [6, 6.07) is 4.57. The van der Waals surface area contributed by atoms with E-state index < -0.39 is 0 Å². The van der Waals surface area contributed by atoms with Crippen molar-refractivity contribution in [2.24, 2.45) is 0 Å². The number of hydrogen-bond donors (Lipinski definition) is 1. The summed E-state index contributed by atoms with van der Waals surface area (Å²) in [6.45, 7) is 1.84. The Hall–Kier alpha value is -1.15. The highest BCUT2D eigenvalue weighted by Gasteiger charge is 1.94. The van der Waals surface area contributed by atoms with E-state index in [4.69, 9.17) is 5.11 Å². The number of aryl methyl sites for hydroxylation is 1. The molecule has 0 saturated heterocycles. The fraction of sp³-hybridized carbons (Fsp3) is 0.200. The highest BCUT2D eigenvalue weighted by atomic mass is 19.1. The maximum Gasteiger partial charge on any atom is 0.123 e. The molecule has 2 heteroatoms. The highest BCUT2D eigenvalue weighted by molar-refractivity contribution is 5.53. The minimum Gasteiger partial charge on any atom is -0.392 e. The van der Waals surface area contributed by atoms with Crippen LogP contribution in [0.25, 0.3) is 6.08 Å². The zero-order chi connectivity index (χ0) is 8.97. The monoisotopic (exact) mass is 166 g/mol. The van der Waals surface area contributed by atoms with Gasteiger partial charge in [0.2, 0.25) is 0 Å². The van der Waals surface area contributed by atoms with Crippen molar-refractivity contribution in [1.29, 1.82) is 0 Å². The molecule has 12 heavy (non-hydrogen) atoms. The second kappa shape index (κ2) is 4.02. The second-order valence-corrected chi connectivity index (χ2v) is 2.59. The van der Waals surface area contributed by atoms with Gasteiger partial charge in [0.15, 0.2) is 0 Å². The number of aliphatic hydroxyl groups is 1. The van der Waals surface area contributed by atoms with Gasteiger partial charge in [0.05, 0.1) is 6.61 Å². The van der Waals surface area contributed by atoms with E-state index in [9.17, 15) is 4.39 Å². The summed E-state index contributed by atoms with van der Waals surface area (Å²) in [5.74, 6) is -0.228. The predicted octanol–water partition coefficient (Wildman–Crippen LogP) is 2.14. The Labute approximate surface area is 71.2 Å². The van der Waals surface area contributed by atoms with Gasteiger partial charge in [-0.25, -0.2) is 4.39 Å².